The van der Waals surface area contributed by atoms with Crippen molar-refractivity contribution in [3.8, 4) is 17.2 Å². The van der Waals surface area contributed by atoms with Gasteiger partial charge in [0.15, 0.2) is 17.2 Å². The van der Waals surface area contributed by atoms with Crippen LogP contribution in [-0.4, -0.2) is 47.7 Å². The molecule has 0 spiro atoms. The number of aliphatic carboxylic acids is 1. The Balaban J connectivity index is 1.35. The highest BCUT2D eigenvalue weighted by atomic mass is 16.7. The number of hydrogen-bond acceptors (Lipinski definition) is 8. The summed E-state index contributed by atoms with van der Waals surface area (Å²) in [4.78, 5) is 61.9. The van der Waals surface area contributed by atoms with Gasteiger partial charge in [0.25, 0.3) is 0 Å². The van der Waals surface area contributed by atoms with E-state index >= 15 is 0 Å². The van der Waals surface area contributed by atoms with Crippen LogP contribution < -0.4 is 35.5 Å². The van der Waals surface area contributed by atoms with Crippen LogP contribution in [0.2, 0.25) is 0 Å². The van der Waals surface area contributed by atoms with E-state index in [1.54, 1.807) is 66.7 Å². The minimum absolute atomic E-state index is 0.0369. The Morgan fingerprint density at radius 1 is 0.891 bits per heavy atom. The number of urea groups is 1. The molecule has 1 aliphatic rings. The van der Waals surface area contributed by atoms with Gasteiger partial charge >= 0.3 is 18.0 Å². The number of amides is 4. The highest BCUT2D eigenvalue weighted by Gasteiger charge is 2.27. The average Bonchev–Trinajstić information content (AvgIpc) is 3.46. The lowest BCUT2D eigenvalue weighted by molar-refractivity contribution is -0.138. The van der Waals surface area contributed by atoms with E-state index in [4.69, 9.17) is 14.2 Å². The molecule has 1 heterocycles. The fraction of sp³-hybridized carbons (Fsp3) is 0.303. The molecule has 0 radical (unpaired) electrons. The third-order valence-corrected chi connectivity index (χ3v) is 6.82. The third kappa shape index (κ3) is 9.71. The summed E-state index contributed by atoms with van der Waals surface area (Å²) in [6.07, 6.45) is -0.0767. The summed E-state index contributed by atoms with van der Waals surface area (Å²) in [7, 11) is 0. The van der Waals surface area contributed by atoms with Gasteiger partial charge in [-0.2, -0.15) is 0 Å². The molecular weight excluding hydrogens is 596 g/mol. The van der Waals surface area contributed by atoms with Crippen LogP contribution >= 0.6 is 0 Å². The molecule has 2 atom stereocenters. The molecule has 4 amide bonds. The number of rotatable bonds is 13. The highest BCUT2D eigenvalue weighted by Crippen LogP contribution is 2.35. The molecule has 0 fully saturated rings. The summed E-state index contributed by atoms with van der Waals surface area (Å²) in [5, 5.41) is 20.4. The normalized spacial score (nSPS) is 12.9. The lowest BCUT2D eigenvalue weighted by atomic mass is 9.99. The van der Waals surface area contributed by atoms with E-state index in [1.165, 1.54) is 6.92 Å². The van der Waals surface area contributed by atoms with Gasteiger partial charge in [0, 0.05) is 12.6 Å². The zero-order valence-corrected chi connectivity index (χ0v) is 25.6. The van der Waals surface area contributed by atoms with Crippen LogP contribution in [0.15, 0.2) is 66.7 Å². The molecular formula is C33H36N4O9. The summed E-state index contributed by atoms with van der Waals surface area (Å²) in [5.41, 5.74) is 1.94. The second-order valence-corrected chi connectivity index (χ2v) is 11.1. The van der Waals surface area contributed by atoms with Crippen LogP contribution in [0, 0.1) is 5.92 Å². The number of fused-ring (bicyclic) bond motifs is 1. The van der Waals surface area contributed by atoms with Crippen LogP contribution in [0.3, 0.4) is 0 Å². The number of nitrogens with one attached hydrogen (secondary N) is 4. The lowest BCUT2D eigenvalue weighted by Crippen LogP contribution is -2.49. The van der Waals surface area contributed by atoms with Crippen molar-refractivity contribution in [1.29, 1.82) is 0 Å². The van der Waals surface area contributed by atoms with E-state index in [9.17, 15) is 29.1 Å². The Bertz CT molecular complexity index is 1590. The standard InChI is InChI=1S/C33H36N4O9/c1-19(2)14-26(32(42)36-25(17-31(40)41)22-10-13-28-29(16-22)45-18-44-28)35-30(39)15-21-8-11-23(12-9-21)34-33(43)37-24-6-4-5-7-27(24)46-20(3)38/h4-13,16,19,25-26H,14-15,17-18H2,1-3H3,(H,35,39)(H,36,42)(H,40,41)(H2,34,37,43)/t25-,26-/m0/s1. The Morgan fingerprint density at radius 2 is 1.61 bits per heavy atom. The van der Waals surface area contributed by atoms with Crippen LogP contribution in [0.25, 0.3) is 0 Å². The smallest absolute Gasteiger partial charge is 0.323 e. The van der Waals surface area contributed by atoms with E-state index < -0.39 is 41.9 Å². The van der Waals surface area contributed by atoms with Crippen molar-refractivity contribution >= 4 is 41.2 Å². The van der Waals surface area contributed by atoms with Crippen LogP contribution in [-0.2, 0) is 25.6 Å². The van der Waals surface area contributed by atoms with Crippen molar-refractivity contribution in [3.05, 3.63) is 77.9 Å². The maximum atomic E-state index is 13.4. The Hall–Kier alpha value is -5.59. The molecule has 0 saturated heterocycles. The fourth-order valence-electron chi connectivity index (χ4n) is 4.77. The van der Waals surface area contributed by atoms with Gasteiger partial charge in [-0.25, -0.2) is 4.79 Å². The number of carbonyl (C=O) groups excluding carboxylic acids is 4. The predicted octanol–water partition coefficient (Wildman–Crippen LogP) is 4.39. The highest BCUT2D eigenvalue weighted by molar-refractivity contribution is 6.01. The molecule has 13 heteroatoms. The minimum atomic E-state index is -1.10. The van der Waals surface area contributed by atoms with Crippen molar-refractivity contribution in [2.75, 3.05) is 17.4 Å². The number of hydrogen-bond donors (Lipinski definition) is 5. The van der Waals surface area contributed by atoms with E-state index in [0.29, 0.717) is 40.4 Å². The predicted molar refractivity (Wildman–Crippen MR) is 168 cm³/mol. The fourth-order valence-corrected chi connectivity index (χ4v) is 4.77. The molecule has 0 bridgehead atoms. The topological polar surface area (TPSA) is 181 Å². The van der Waals surface area contributed by atoms with Gasteiger partial charge in [0.05, 0.1) is 24.6 Å². The molecule has 4 rings (SSSR count). The first-order valence-corrected chi connectivity index (χ1v) is 14.6. The molecule has 0 saturated carbocycles. The molecule has 5 N–H and O–H groups in total. The first kappa shape index (κ1) is 33.3. The van der Waals surface area contributed by atoms with E-state index in [0.717, 1.165) is 0 Å². The summed E-state index contributed by atoms with van der Waals surface area (Å²) in [6.45, 7) is 5.14. The largest absolute Gasteiger partial charge is 0.481 e. The van der Waals surface area contributed by atoms with Crippen molar-refractivity contribution in [2.24, 2.45) is 5.92 Å². The number of benzene rings is 3. The Labute approximate surface area is 265 Å². The van der Waals surface area contributed by atoms with Crippen LogP contribution in [0.4, 0.5) is 16.2 Å². The summed E-state index contributed by atoms with van der Waals surface area (Å²) in [6, 6.07) is 15.7. The zero-order chi connectivity index (χ0) is 33.2. The van der Waals surface area contributed by atoms with E-state index in [2.05, 4.69) is 21.3 Å². The Kier molecular flexibility index (Phi) is 11.2. The van der Waals surface area contributed by atoms with E-state index in [-0.39, 0.29) is 31.3 Å². The monoisotopic (exact) mass is 632 g/mol. The Morgan fingerprint density at radius 3 is 2.30 bits per heavy atom. The SMILES string of the molecule is CC(=O)Oc1ccccc1NC(=O)Nc1ccc(CC(=O)N[C@@H](CC(C)C)C(=O)N[C@@H](CC(=O)O)c2ccc3c(c2)OCO3)cc1. The molecule has 0 aliphatic carbocycles. The van der Waals surface area contributed by atoms with Gasteiger partial charge in [-0.1, -0.05) is 44.2 Å². The third-order valence-electron chi connectivity index (χ3n) is 6.82. The first-order valence-electron chi connectivity index (χ1n) is 14.6. The van der Waals surface area contributed by atoms with Gasteiger partial charge in [0.2, 0.25) is 18.6 Å². The lowest BCUT2D eigenvalue weighted by Gasteiger charge is -2.24. The molecule has 3 aromatic rings. The summed E-state index contributed by atoms with van der Waals surface area (Å²) < 4.78 is 15.8. The second-order valence-electron chi connectivity index (χ2n) is 11.1. The minimum Gasteiger partial charge on any atom is -0.481 e. The molecule has 13 nitrogen and oxygen atoms in total. The van der Waals surface area contributed by atoms with E-state index in [1.807, 2.05) is 13.8 Å². The number of para-hydroxylation sites is 2. The van der Waals surface area contributed by atoms with Gasteiger partial charge in [-0.15, -0.1) is 0 Å². The quantitative estimate of drug-likeness (QED) is 0.135. The van der Waals surface area contributed by atoms with Gasteiger partial charge in [-0.05, 0) is 59.9 Å². The molecule has 242 valence electrons. The first-order chi connectivity index (χ1) is 22.0. The number of ether oxygens (including phenoxy) is 3. The van der Waals surface area contributed by atoms with Crippen molar-refractivity contribution in [3.63, 3.8) is 0 Å². The maximum Gasteiger partial charge on any atom is 0.323 e. The van der Waals surface area contributed by atoms with Gasteiger partial charge in [-0.3, -0.25) is 19.2 Å². The average molecular weight is 633 g/mol. The molecule has 0 aromatic heterocycles. The number of anilines is 2. The summed E-state index contributed by atoms with van der Waals surface area (Å²) >= 11 is 0. The van der Waals surface area contributed by atoms with Crippen molar-refractivity contribution in [1.82, 2.24) is 10.6 Å². The van der Waals surface area contributed by atoms with Gasteiger partial charge < -0.3 is 40.6 Å². The number of carboxylic acid groups (broad SMARTS) is 1. The zero-order valence-electron chi connectivity index (χ0n) is 25.6. The molecule has 3 aromatic carbocycles. The number of carboxylic acids is 1. The second kappa shape index (κ2) is 15.4. The summed E-state index contributed by atoms with van der Waals surface area (Å²) in [5.74, 6) is -1.28. The molecule has 46 heavy (non-hydrogen) atoms. The number of carbonyl (C=O) groups is 5. The van der Waals surface area contributed by atoms with Gasteiger partial charge in [0.1, 0.15) is 6.04 Å². The van der Waals surface area contributed by atoms with Crippen molar-refractivity contribution in [2.45, 2.75) is 52.1 Å². The molecule has 0 unspecified atom stereocenters. The van der Waals surface area contributed by atoms with Crippen LogP contribution in [0.1, 0.15) is 50.8 Å². The number of esters is 1. The van der Waals surface area contributed by atoms with Crippen LogP contribution in [0.5, 0.6) is 17.2 Å². The maximum absolute atomic E-state index is 13.4. The van der Waals surface area contributed by atoms with Crippen molar-refractivity contribution < 1.29 is 43.3 Å². The molecule has 1 aliphatic heterocycles.